The van der Waals surface area contributed by atoms with Crippen molar-refractivity contribution in [3.05, 3.63) is 54.1 Å². The van der Waals surface area contributed by atoms with Gasteiger partial charge in [-0.05, 0) is 18.2 Å². The summed E-state index contributed by atoms with van der Waals surface area (Å²) in [6.07, 6.45) is -0.0684. The second-order valence-electron chi connectivity index (χ2n) is 4.23. The van der Waals surface area contributed by atoms with Gasteiger partial charge in [-0.2, -0.15) is 0 Å². The first kappa shape index (κ1) is 12.6. The Hall–Kier alpha value is -2.40. The van der Waals surface area contributed by atoms with Gasteiger partial charge in [0.1, 0.15) is 5.75 Å². The minimum absolute atomic E-state index is 0.0684. The number of rotatable bonds is 4. The van der Waals surface area contributed by atoms with Crippen molar-refractivity contribution in [3.63, 3.8) is 0 Å². The lowest BCUT2D eigenvalue weighted by Crippen LogP contribution is -2.01. The molecule has 0 bridgehead atoms. The summed E-state index contributed by atoms with van der Waals surface area (Å²) in [7, 11) is 0. The lowest BCUT2D eigenvalue weighted by molar-refractivity contribution is -0.136. The number of para-hydroxylation sites is 2. The molecule has 0 aliphatic heterocycles. The van der Waals surface area contributed by atoms with Crippen molar-refractivity contribution < 1.29 is 14.6 Å². The summed E-state index contributed by atoms with van der Waals surface area (Å²) in [6.45, 7) is 0. The van der Waals surface area contributed by atoms with Gasteiger partial charge in [0, 0.05) is 5.56 Å². The molecule has 3 rings (SSSR count). The van der Waals surface area contributed by atoms with Crippen molar-refractivity contribution in [2.75, 3.05) is 0 Å². The van der Waals surface area contributed by atoms with Crippen molar-refractivity contribution in [1.82, 2.24) is 4.98 Å². The predicted octanol–water partition coefficient (Wildman–Crippen LogP) is 3.72. The molecular weight excluding hydrogens is 274 g/mol. The molecule has 0 aliphatic carbocycles. The average Bonchev–Trinajstić information content (AvgIpc) is 2.82. The lowest BCUT2D eigenvalue weighted by Gasteiger charge is -2.06. The van der Waals surface area contributed by atoms with Gasteiger partial charge in [-0.3, -0.25) is 4.79 Å². The molecule has 2 aromatic carbocycles. The minimum Gasteiger partial charge on any atom is -0.481 e. The number of benzene rings is 2. The summed E-state index contributed by atoms with van der Waals surface area (Å²) in [5, 5.41) is 9.42. The highest BCUT2D eigenvalue weighted by Gasteiger charge is 2.10. The summed E-state index contributed by atoms with van der Waals surface area (Å²) in [4.78, 5) is 15.2. The van der Waals surface area contributed by atoms with E-state index in [1.54, 1.807) is 18.2 Å². The maximum Gasteiger partial charge on any atom is 0.307 e. The molecule has 0 saturated heterocycles. The summed E-state index contributed by atoms with van der Waals surface area (Å²) in [5.74, 6) is -0.348. The van der Waals surface area contributed by atoms with Crippen LogP contribution in [0.5, 0.6) is 10.9 Å². The van der Waals surface area contributed by atoms with Crippen LogP contribution in [0.1, 0.15) is 5.56 Å². The van der Waals surface area contributed by atoms with E-state index < -0.39 is 5.97 Å². The quantitative estimate of drug-likeness (QED) is 0.793. The Morgan fingerprint density at radius 3 is 2.70 bits per heavy atom. The van der Waals surface area contributed by atoms with Crippen molar-refractivity contribution >= 4 is 27.5 Å². The highest BCUT2D eigenvalue weighted by Crippen LogP contribution is 2.32. The molecule has 0 spiro atoms. The largest absolute Gasteiger partial charge is 0.481 e. The molecule has 4 nitrogen and oxygen atoms in total. The van der Waals surface area contributed by atoms with Crippen LogP contribution in [0.2, 0.25) is 0 Å². The fourth-order valence-corrected chi connectivity index (χ4v) is 2.73. The molecule has 5 heteroatoms. The van der Waals surface area contributed by atoms with Gasteiger partial charge in [0.2, 0.25) is 0 Å². The molecule has 1 aromatic heterocycles. The molecule has 0 amide bonds. The van der Waals surface area contributed by atoms with Crippen LogP contribution in [-0.4, -0.2) is 16.1 Å². The number of carbonyl (C=O) groups is 1. The first-order valence-electron chi connectivity index (χ1n) is 6.05. The molecule has 20 heavy (non-hydrogen) atoms. The van der Waals surface area contributed by atoms with Crippen LogP contribution in [0, 0.1) is 0 Å². The Bertz CT molecular complexity index is 733. The van der Waals surface area contributed by atoms with E-state index >= 15 is 0 Å². The Morgan fingerprint density at radius 1 is 1.15 bits per heavy atom. The SMILES string of the molecule is O=C(O)Cc1ccccc1Oc1nc2ccccc2s1. The van der Waals surface area contributed by atoms with Gasteiger partial charge >= 0.3 is 5.97 Å². The predicted molar refractivity (Wildman–Crippen MR) is 77.5 cm³/mol. The number of fused-ring (bicyclic) bond motifs is 1. The monoisotopic (exact) mass is 285 g/mol. The molecule has 0 aliphatic rings. The van der Waals surface area contributed by atoms with Crippen LogP contribution < -0.4 is 4.74 Å². The Balaban J connectivity index is 1.92. The van der Waals surface area contributed by atoms with E-state index in [9.17, 15) is 4.79 Å². The number of aromatic nitrogens is 1. The third-order valence-corrected chi connectivity index (χ3v) is 3.70. The van der Waals surface area contributed by atoms with E-state index in [4.69, 9.17) is 9.84 Å². The van der Waals surface area contributed by atoms with E-state index in [-0.39, 0.29) is 6.42 Å². The first-order chi connectivity index (χ1) is 9.72. The number of aliphatic carboxylic acids is 1. The van der Waals surface area contributed by atoms with Crippen LogP contribution in [0.15, 0.2) is 48.5 Å². The van der Waals surface area contributed by atoms with Crippen LogP contribution >= 0.6 is 11.3 Å². The van der Waals surface area contributed by atoms with Crippen molar-refractivity contribution in [3.8, 4) is 10.9 Å². The third-order valence-electron chi connectivity index (χ3n) is 2.79. The number of carboxylic acids is 1. The van der Waals surface area contributed by atoms with E-state index in [2.05, 4.69) is 4.98 Å². The van der Waals surface area contributed by atoms with Crippen LogP contribution in [0.25, 0.3) is 10.2 Å². The third kappa shape index (κ3) is 2.62. The van der Waals surface area contributed by atoms with Gasteiger partial charge in [-0.15, -0.1) is 0 Å². The normalized spacial score (nSPS) is 10.6. The van der Waals surface area contributed by atoms with Gasteiger partial charge in [0.25, 0.3) is 5.19 Å². The molecule has 100 valence electrons. The zero-order chi connectivity index (χ0) is 13.9. The fraction of sp³-hybridized carbons (Fsp3) is 0.0667. The van der Waals surface area contributed by atoms with E-state index in [0.29, 0.717) is 16.5 Å². The molecule has 1 N–H and O–H groups in total. The Kier molecular flexibility index (Phi) is 3.35. The standard InChI is InChI=1S/C15H11NO3S/c17-14(18)9-10-5-1-3-7-12(10)19-15-16-11-6-2-4-8-13(11)20-15/h1-8H,9H2,(H,17,18). The first-order valence-corrected chi connectivity index (χ1v) is 6.87. The van der Waals surface area contributed by atoms with Gasteiger partial charge in [-0.1, -0.05) is 41.7 Å². The maximum absolute atomic E-state index is 10.8. The second kappa shape index (κ2) is 5.30. The summed E-state index contributed by atoms with van der Waals surface area (Å²) in [5.41, 5.74) is 1.52. The van der Waals surface area contributed by atoms with Crippen LogP contribution in [0.4, 0.5) is 0 Å². The zero-order valence-corrected chi connectivity index (χ0v) is 11.3. The molecular formula is C15H11NO3S. The van der Waals surface area contributed by atoms with Crippen molar-refractivity contribution in [1.29, 1.82) is 0 Å². The van der Waals surface area contributed by atoms with Gasteiger partial charge in [-0.25, -0.2) is 4.98 Å². The number of hydrogen-bond acceptors (Lipinski definition) is 4. The highest BCUT2D eigenvalue weighted by molar-refractivity contribution is 7.20. The smallest absolute Gasteiger partial charge is 0.307 e. The molecule has 1 heterocycles. The number of carboxylic acid groups (broad SMARTS) is 1. The van der Waals surface area contributed by atoms with Crippen LogP contribution in [0.3, 0.4) is 0 Å². The number of nitrogens with zero attached hydrogens (tertiary/aromatic N) is 1. The zero-order valence-electron chi connectivity index (χ0n) is 10.4. The van der Waals surface area contributed by atoms with E-state index in [1.807, 2.05) is 30.3 Å². The maximum atomic E-state index is 10.8. The number of hydrogen-bond donors (Lipinski definition) is 1. The molecule has 0 saturated carbocycles. The summed E-state index contributed by atoms with van der Waals surface area (Å²) in [6, 6.07) is 14.9. The Labute approximate surface area is 119 Å². The minimum atomic E-state index is -0.884. The lowest BCUT2D eigenvalue weighted by atomic mass is 10.1. The Morgan fingerprint density at radius 2 is 1.90 bits per heavy atom. The highest BCUT2D eigenvalue weighted by atomic mass is 32.1. The van der Waals surface area contributed by atoms with E-state index in [1.165, 1.54) is 11.3 Å². The molecule has 3 aromatic rings. The van der Waals surface area contributed by atoms with Gasteiger partial charge in [0.05, 0.1) is 16.6 Å². The summed E-state index contributed by atoms with van der Waals surface area (Å²) >= 11 is 1.44. The van der Waals surface area contributed by atoms with Crippen molar-refractivity contribution in [2.45, 2.75) is 6.42 Å². The molecule has 0 radical (unpaired) electrons. The van der Waals surface area contributed by atoms with Gasteiger partial charge in [0.15, 0.2) is 0 Å². The number of thiazole rings is 1. The molecule has 0 fully saturated rings. The number of ether oxygens (including phenoxy) is 1. The van der Waals surface area contributed by atoms with Gasteiger partial charge < -0.3 is 9.84 Å². The van der Waals surface area contributed by atoms with Crippen LogP contribution in [-0.2, 0) is 11.2 Å². The second-order valence-corrected chi connectivity index (χ2v) is 5.22. The molecule has 0 unspecified atom stereocenters. The average molecular weight is 285 g/mol. The van der Waals surface area contributed by atoms with E-state index in [0.717, 1.165) is 10.2 Å². The molecule has 0 atom stereocenters. The fourth-order valence-electron chi connectivity index (χ4n) is 1.90. The summed E-state index contributed by atoms with van der Waals surface area (Å²) < 4.78 is 6.78. The topological polar surface area (TPSA) is 59.4 Å². The van der Waals surface area contributed by atoms with Crippen molar-refractivity contribution in [2.24, 2.45) is 0 Å².